The zero-order valence-corrected chi connectivity index (χ0v) is 14.1. The standard InChI is InChI=1S/C18H25FN2O2/c1-18(2,3)17(23)21-10-6-9-20(11-12-21)16(22)13-14-7-4-5-8-15(14)19/h4-5,7-8H,6,9-13H2,1-3H3. The number of hydrogen-bond donors (Lipinski definition) is 0. The van der Waals surface area contributed by atoms with Gasteiger partial charge in [-0.05, 0) is 18.1 Å². The lowest BCUT2D eigenvalue weighted by molar-refractivity contribution is -0.139. The maximum Gasteiger partial charge on any atom is 0.228 e. The van der Waals surface area contributed by atoms with Gasteiger partial charge >= 0.3 is 0 Å². The molecule has 2 amide bonds. The Balaban J connectivity index is 1.96. The predicted molar refractivity (Wildman–Crippen MR) is 87.3 cm³/mol. The average Bonchev–Trinajstić information content (AvgIpc) is 2.73. The van der Waals surface area contributed by atoms with E-state index in [9.17, 15) is 14.0 Å². The second-order valence-corrected chi connectivity index (χ2v) is 7.04. The SMILES string of the molecule is CC(C)(C)C(=O)N1CCCN(C(=O)Cc2ccccc2F)CC1. The molecule has 0 spiro atoms. The quantitative estimate of drug-likeness (QED) is 0.840. The molecule has 1 aromatic carbocycles. The fourth-order valence-corrected chi connectivity index (χ4v) is 2.76. The Hall–Kier alpha value is -1.91. The third kappa shape index (κ3) is 4.53. The molecular weight excluding hydrogens is 295 g/mol. The molecular formula is C18H25FN2O2. The first-order valence-corrected chi connectivity index (χ1v) is 8.09. The summed E-state index contributed by atoms with van der Waals surface area (Å²) in [5.41, 5.74) is 0.0103. The predicted octanol–water partition coefficient (Wildman–Crippen LogP) is 2.48. The molecule has 1 heterocycles. The minimum absolute atomic E-state index is 0.0693. The van der Waals surface area contributed by atoms with Gasteiger partial charge in [-0.2, -0.15) is 0 Å². The van der Waals surface area contributed by atoms with E-state index in [-0.39, 0.29) is 24.1 Å². The van der Waals surface area contributed by atoms with E-state index in [1.165, 1.54) is 6.07 Å². The number of nitrogens with zero attached hydrogens (tertiary/aromatic N) is 2. The van der Waals surface area contributed by atoms with Crippen LogP contribution in [0.25, 0.3) is 0 Å². The van der Waals surface area contributed by atoms with Crippen LogP contribution in [-0.4, -0.2) is 47.8 Å². The largest absolute Gasteiger partial charge is 0.341 e. The first-order valence-electron chi connectivity index (χ1n) is 8.09. The van der Waals surface area contributed by atoms with Crippen molar-refractivity contribution in [1.29, 1.82) is 0 Å². The Morgan fingerprint density at radius 1 is 1.04 bits per heavy atom. The van der Waals surface area contributed by atoms with E-state index in [2.05, 4.69) is 0 Å². The minimum Gasteiger partial charge on any atom is -0.341 e. The number of carbonyl (C=O) groups is 2. The fourth-order valence-electron chi connectivity index (χ4n) is 2.76. The Bertz CT molecular complexity index is 581. The van der Waals surface area contributed by atoms with E-state index in [4.69, 9.17) is 0 Å². The van der Waals surface area contributed by atoms with Crippen LogP contribution in [0.15, 0.2) is 24.3 Å². The first-order chi connectivity index (χ1) is 10.8. The zero-order valence-electron chi connectivity index (χ0n) is 14.1. The van der Waals surface area contributed by atoms with Crippen molar-refractivity contribution < 1.29 is 14.0 Å². The molecule has 0 saturated carbocycles. The Morgan fingerprint density at radius 3 is 2.30 bits per heavy atom. The van der Waals surface area contributed by atoms with Crippen molar-refractivity contribution in [3.63, 3.8) is 0 Å². The van der Waals surface area contributed by atoms with Gasteiger partial charge in [-0.15, -0.1) is 0 Å². The van der Waals surface area contributed by atoms with Gasteiger partial charge in [0.05, 0.1) is 6.42 Å². The number of halogens is 1. The lowest BCUT2D eigenvalue weighted by Crippen LogP contribution is -2.42. The van der Waals surface area contributed by atoms with Crippen molar-refractivity contribution in [3.05, 3.63) is 35.6 Å². The molecule has 0 radical (unpaired) electrons. The van der Waals surface area contributed by atoms with Crippen LogP contribution in [0.5, 0.6) is 0 Å². The molecule has 1 aliphatic heterocycles. The summed E-state index contributed by atoms with van der Waals surface area (Å²) >= 11 is 0. The number of hydrogen-bond acceptors (Lipinski definition) is 2. The van der Waals surface area contributed by atoms with Crippen LogP contribution in [0.1, 0.15) is 32.8 Å². The summed E-state index contributed by atoms with van der Waals surface area (Å²) in [7, 11) is 0. The highest BCUT2D eigenvalue weighted by Crippen LogP contribution is 2.19. The van der Waals surface area contributed by atoms with Gasteiger partial charge in [-0.1, -0.05) is 39.0 Å². The van der Waals surface area contributed by atoms with E-state index < -0.39 is 5.41 Å². The number of benzene rings is 1. The molecule has 2 rings (SSSR count). The second-order valence-electron chi connectivity index (χ2n) is 7.04. The van der Waals surface area contributed by atoms with Crippen LogP contribution < -0.4 is 0 Å². The van der Waals surface area contributed by atoms with Gasteiger partial charge in [-0.3, -0.25) is 9.59 Å². The summed E-state index contributed by atoms with van der Waals surface area (Å²) in [6.07, 6.45) is 0.824. The van der Waals surface area contributed by atoms with Gasteiger partial charge < -0.3 is 9.80 Å². The lowest BCUT2D eigenvalue weighted by atomic mass is 9.94. The van der Waals surface area contributed by atoms with Crippen LogP contribution in [0.4, 0.5) is 4.39 Å². The molecule has 0 unspecified atom stereocenters. The van der Waals surface area contributed by atoms with Gasteiger partial charge in [0, 0.05) is 31.6 Å². The molecule has 1 aliphatic rings. The molecule has 0 atom stereocenters. The van der Waals surface area contributed by atoms with Gasteiger partial charge in [0.1, 0.15) is 5.82 Å². The monoisotopic (exact) mass is 320 g/mol. The number of rotatable bonds is 2. The van der Waals surface area contributed by atoms with Crippen molar-refractivity contribution in [2.24, 2.45) is 5.41 Å². The second kappa shape index (κ2) is 7.11. The summed E-state index contributed by atoms with van der Waals surface area (Å²) in [4.78, 5) is 28.3. The number of amides is 2. The summed E-state index contributed by atoms with van der Waals surface area (Å²) < 4.78 is 13.7. The average molecular weight is 320 g/mol. The molecule has 126 valence electrons. The molecule has 0 N–H and O–H groups in total. The molecule has 1 fully saturated rings. The maximum atomic E-state index is 13.7. The molecule has 1 saturated heterocycles. The topological polar surface area (TPSA) is 40.6 Å². The molecule has 0 bridgehead atoms. The Kier molecular flexibility index (Phi) is 5.39. The summed E-state index contributed by atoms with van der Waals surface area (Å²) in [5, 5.41) is 0. The summed E-state index contributed by atoms with van der Waals surface area (Å²) in [5.74, 6) is -0.318. The van der Waals surface area contributed by atoms with Crippen molar-refractivity contribution in [1.82, 2.24) is 9.80 Å². The van der Waals surface area contributed by atoms with E-state index in [0.29, 0.717) is 31.7 Å². The third-order valence-corrected chi connectivity index (χ3v) is 4.08. The highest BCUT2D eigenvalue weighted by Gasteiger charge is 2.29. The highest BCUT2D eigenvalue weighted by atomic mass is 19.1. The van der Waals surface area contributed by atoms with Crippen molar-refractivity contribution in [2.75, 3.05) is 26.2 Å². The molecule has 0 aromatic heterocycles. The zero-order chi connectivity index (χ0) is 17.0. The van der Waals surface area contributed by atoms with Crippen molar-refractivity contribution in [2.45, 2.75) is 33.6 Å². The summed E-state index contributed by atoms with van der Waals surface area (Å²) in [6, 6.07) is 6.36. The molecule has 4 nitrogen and oxygen atoms in total. The van der Waals surface area contributed by atoms with Crippen LogP contribution in [0.2, 0.25) is 0 Å². The molecule has 0 aliphatic carbocycles. The van der Waals surface area contributed by atoms with Crippen LogP contribution in [0.3, 0.4) is 0 Å². The molecule has 5 heteroatoms. The van der Waals surface area contributed by atoms with E-state index in [1.54, 1.807) is 23.1 Å². The van der Waals surface area contributed by atoms with Gasteiger partial charge in [0.2, 0.25) is 11.8 Å². The molecule has 23 heavy (non-hydrogen) atoms. The third-order valence-electron chi connectivity index (χ3n) is 4.08. The van der Waals surface area contributed by atoms with Crippen molar-refractivity contribution in [3.8, 4) is 0 Å². The lowest BCUT2D eigenvalue weighted by Gasteiger charge is -2.28. The number of carbonyl (C=O) groups excluding carboxylic acids is 2. The maximum absolute atomic E-state index is 13.7. The Morgan fingerprint density at radius 2 is 1.65 bits per heavy atom. The van der Waals surface area contributed by atoms with Crippen LogP contribution in [-0.2, 0) is 16.0 Å². The first kappa shape index (κ1) is 17.4. The smallest absolute Gasteiger partial charge is 0.228 e. The normalized spacial score (nSPS) is 16.2. The Labute approximate surface area is 137 Å². The minimum atomic E-state index is -0.410. The van der Waals surface area contributed by atoms with Crippen LogP contribution >= 0.6 is 0 Å². The van der Waals surface area contributed by atoms with E-state index in [0.717, 1.165) is 6.42 Å². The highest BCUT2D eigenvalue weighted by molar-refractivity contribution is 5.82. The summed E-state index contributed by atoms with van der Waals surface area (Å²) in [6.45, 7) is 8.04. The van der Waals surface area contributed by atoms with Gasteiger partial charge in [0.25, 0.3) is 0 Å². The van der Waals surface area contributed by atoms with E-state index in [1.807, 2.05) is 25.7 Å². The van der Waals surface area contributed by atoms with Crippen LogP contribution in [0, 0.1) is 11.2 Å². The van der Waals surface area contributed by atoms with E-state index >= 15 is 0 Å². The van der Waals surface area contributed by atoms with Gasteiger partial charge in [-0.25, -0.2) is 4.39 Å². The van der Waals surface area contributed by atoms with Crippen molar-refractivity contribution >= 4 is 11.8 Å². The molecule has 1 aromatic rings. The van der Waals surface area contributed by atoms with Gasteiger partial charge in [0.15, 0.2) is 0 Å². The fraction of sp³-hybridized carbons (Fsp3) is 0.556.